The lowest BCUT2D eigenvalue weighted by molar-refractivity contribution is -0.143. The average Bonchev–Trinajstić information content (AvgIpc) is 3.48. The number of halogens is 1. The van der Waals surface area contributed by atoms with Gasteiger partial charge in [-0.05, 0) is 62.7 Å². The highest BCUT2D eigenvalue weighted by Gasteiger charge is 2.38. The van der Waals surface area contributed by atoms with Gasteiger partial charge in [-0.2, -0.15) is 0 Å². The van der Waals surface area contributed by atoms with Gasteiger partial charge in [-0.25, -0.2) is 9.79 Å². The zero-order valence-corrected chi connectivity index (χ0v) is 26.9. The molecular formula is C34H30ClN3O6S. The van der Waals surface area contributed by atoms with Gasteiger partial charge in [0, 0.05) is 16.1 Å². The molecule has 2 aliphatic rings. The van der Waals surface area contributed by atoms with Crippen LogP contribution in [0.2, 0.25) is 5.02 Å². The molecule has 0 aliphatic carbocycles. The highest BCUT2D eigenvalue weighted by atomic mass is 35.5. The number of fused-ring (bicyclic) bond motifs is 2. The van der Waals surface area contributed by atoms with E-state index in [9.17, 15) is 14.4 Å². The number of carbonyl (C=O) groups excluding carboxylic acids is 2. The first-order valence-electron chi connectivity index (χ1n) is 14.3. The lowest BCUT2D eigenvalue weighted by atomic mass is 9.94. The van der Waals surface area contributed by atoms with Crippen LogP contribution in [-0.2, 0) is 20.9 Å². The third-order valence-electron chi connectivity index (χ3n) is 7.70. The molecule has 1 amide bonds. The van der Waals surface area contributed by atoms with E-state index in [-0.39, 0.29) is 21.6 Å². The van der Waals surface area contributed by atoms with E-state index in [1.807, 2.05) is 36.4 Å². The standard InChI is InChI=1S/C34H30ClN3O6S/c1-18(2)44-33(41)27-19(3)36-34-38(29(27)24-16-22(42-4)14-15-26(24)43-5)32(40)30(45-34)28-23-8-6-7-9-25(23)37(31(28)39)17-20-10-12-21(35)13-11-20/h6-16,18,29H,17H2,1-5H3/b30-28-/t29-/m0/s1. The highest BCUT2D eigenvalue weighted by Crippen LogP contribution is 2.39. The Morgan fingerprint density at radius 3 is 2.44 bits per heavy atom. The molecule has 0 unspecified atom stereocenters. The number of amides is 1. The summed E-state index contributed by atoms with van der Waals surface area (Å²) in [4.78, 5) is 49.0. The van der Waals surface area contributed by atoms with Crippen molar-refractivity contribution in [3.63, 3.8) is 0 Å². The van der Waals surface area contributed by atoms with E-state index in [2.05, 4.69) is 0 Å². The van der Waals surface area contributed by atoms with Crippen molar-refractivity contribution in [2.45, 2.75) is 39.5 Å². The maximum absolute atomic E-state index is 14.6. The normalized spacial score (nSPS) is 16.8. The second-order valence-electron chi connectivity index (χ2n) is 10.9. The van der Waals surface area contributed by atoms with Gasteiger partial charge in [0.2, 0.25) is 0 Å². The third-order valence-corrected chi connectivity index (χ3v) is 9.00. The minimum atomic E-state index is -0.955. The summed E-state index contributed by atoms with van der Waals surface area (Å²) in [6.07, 6.45) is -0.406. The van der Waals surface area contributed by atoms with E-state index in [4.69, 9.17) is 30.8 Å². The fraction of sp³-hybridized carbons (Fsp3) is 0.235. The molecule has 0 saturated heterocycles. The number of nitrogens with zero attached hydrogens (tertiary/aromatic N) is 3. The summed E-state index contributed by atoms with van der Waals surface area (Å²) in [5.41, 5.74) is 3.17. The minimum Gasteiger partial charge on any atom is -0.497 e. The quantitative estimate of drug-likeness (QED) is 0.269. The molecule has 4 aromatic rings. The van der Waals surface area contributed by atoms with E-state index in [0.29, 0.717) is 50.4 Å². The number of hydrogen-bond acceptors (Lipinski definition) is 8. The fourth-order valence-corrected chi connectivity index (χ4v) is 6.95. The molecule has 0 fully saturated rings. The van der Waals surface area contributed by atoms with Gasteiger partial charge < -0.3 is 19.1 Å². The Kier molecular flexibility index (Phi) is 8.11. The van der Waals surface area contributed by atoms with Crippen molar-refractivity contribution in [3.05, 3.63) is 119 Å². The van der Waals surface area contributed by atoms with Crippen molar-refractivity contribution in [3.8, 4) is 11.5 Å². The first kappa shape index (κ1) is 30.4. The monoisotopic (exact) mass is 643 g/mol. The van der Waals surface area contributed by atoms with E-state index in [0.717, 1.165) is 16.9 Å². The molecule has 2 aliphatic heterocycles. The van der Waals surface area contributed by atoms with Gasteiger partial charge in [-0.15, -0.1) is 0 Å². The third kappa shape index (κ3) is 5.34. The second kappa shape index (κ2) is 12.0. The van der Waals surface area contributed by atoms with Crippen LogP contribution in [-0.4, -0.2) is 36.8 Å². The molecule has 3 heterocycles. The Morgan fingerprint density at radius 2 is 1.76 bits per heavy atom. The summed E-state index contributed by atoms with van der Waals surface area (Å²) < 4.78 is 18.5. The molecule has 230 valence electrons. The van der Waals surface area contributed by atoms with Crippen molar-refractivity contribution >= 4 is 46.1 Å². The number of allylic oxidation sites excluding steroid dienone is 1. The van der Waals surface area contributed by atoms with Gasteiger partial charge in [-0.1, -0.05) is 53.3 Å². The van der Waals surface area contributed by atoms with Gasteiger partial charge in [0.05, 0.1) is 49.4 Å². The first-order valence-corrected chi connectivity index (χ1v) is 15.5. The van der Waals surface area contributed by atoms with Gasteiger partial charge in [0.15, 0.2) is 4.80 Å². The SMILES string of the molecule is COc1ccc(OC)c([C@H]2C(C(=O)OC(C)C)=C(C)N=c3s/c(=C4\C(=O)N(Cc5ccc(Cl)cc5)c5ccccc54)c(=O)n32)c1. The van der Waals surface area contributed by atoms with Crippen LogP contribution in [0.15, 0.2) is 87.8 Å². The Hall–Kier alpha value is -4.67. The zero-order chi connectivity index (χ0) is 32.0. The van der Waals surface area contributed by atoms with Gasteiger partial charge in [-0.3, -0.25) is 14.2 Å². The van der Waals surface area contributed by atoms with Crippen LogP contribution in [0.4, 0.5) is 5.69 Å². The number of rotatable bonds is 7. The van der Waals surface area contributed by atoms with Crippen LogP contribution in [0.1, 0.15) is 43.5 Å². The number of para-hydroxylation sites is 1. The highest BCUT2D eigenvalue weighted by molar-refractivity contribution is 7.07. The minimum absolute atomic E-state index is 0.196. The number of esters is 1. The number of ether oxygens (including phenoxy) is 3. The number of hydrogen-bond donors (Lipinski definition) is 0. The average molecular weight is 644 g/mol. The van der Waals surface area contributed by atoms with Crippen molar-refractivity contribution in [1.29, 1.82) is 0 Å². The van der Waals surface area contributed by atoms with Crippen molar-refractivity contribution < 1.29 is 23.8 Å². The fourth-order valence-electron chi connectivity index (χ4n) is 5.69. The summed E-state index contributed by atoms with van der Waals surface area (Å²) in [5.74, 6) is 0.0531. The van der Waals surface area contributed by atoms with Crippen molar-refractivity contribution in [1.82, 2.24) is 4.57 Å². The maximum Gasteiger partial charge on any atom is 0.338 e. The summed E-state index contributed by atoms with van der Waals surface area (Å²) in [6.45, 7) is 5.51. The van der Waals surface area contributed by atoms with Crippen LogP contribution >= 0.6 is 22.9 Å². The van der Waals surface area contributed by atoms with E-state index < -0.39 is 23.7 Å². The molecule has 0 spiro atoms. The van der Waals surface area contributed by atoms with E-state index in [1.54, 1.807) is 56.0 Å². The summed E-state index contributed by atoms with van der Waals surface area (Å²) >= 11 is 7.20. The topological polar surface area (TPSA) is 99.4 Å². The van der Waals surface area contributed by atoms with Crippen LogP contribution < -0.4 is 29.3 Å². The molecule has 0 N–H and O–H groups in total. The second-order valence-corrected chi connectivity index (χ2v) is 12.3. The zero-order valence-electron chi connectivity index (χ0n) is 25.3. The largest absolute Gasteiger partial charge is 0.497 e. The predicted molar refractivity (Wildman–Crippen MR) is 173 cm³/mol. The number of carbonyl (C=O) groups is 2. The van der Waals surface area contributed by atoms with E-state index >= 15 is 0 Å². The van der Waals surface area contributed by atoms with Gasteiger partial charge >= 0.3 is 5.97 Å². The molecule has 6 rings (SSSR count). The molecule has 3 aromatic carbocycles. The van der Waals surface area contributed by atoms with Crippen LogP contribution in [0.5, 0.6) is 11.5 Å². The Balaban J connectivity index is 1.60. The molecule has 0 radical (unpaired) electrons. The number of anilines is 1. The molecule has 0 saturated carbocycles. The van der Waals surface area contributed by atoms with Crippen LogP contribution in [0.25, 0.3) is 5.57 Å². The van der Waals surface area contributed by atoms with Crippen LogP contribution in [0.3, 0.4) is 0 Å². The summed E-state index contributed by atoms with van der Waals surface area (Å²) in [5, 5.41) is 0.600. The molecule has 0 bridgehead atoms. The van der Waals surface area contributed by atoms with Crippen LogP contribution in [0, 0.1) is 0 Å². The molecule has 11 heteroatoms. The Bertz CT molecular complexity index is 2060. The summed E-state index contributed by atoms with van der Waals surface area (Å²) in [6, 6.07) is 18.9. The van der Waals surface area contributed by atoms with Crippen molar-refractivity contribution in [2.24, 2.45) is 4.99 Å². The van der Waals surface area contributed by atoms with Gasteiger partial charge in [0.25, 0.3) is 11.5 Å². The maximum atomic E-state index is 14.6. The molecule has 1 atom stereocenters. The molecular weight excluding hydrogens is 614 g/mol. The smallest absolute Gasteiger partial charge is 0.338 e. The predicted octanol–water partition coefficient (Wildman–Crippen LogP) is 4.77. The summed E-state index contributed by atoms with van der Waals surface area (Å²) in [7, 11) is 3.05. The van der Waals surface area contributed by atoms with Crippen molar-refractivity contribution in [2.75, 3.05) is 19.1 Å². The number of aromatic nitrogens is 1. The van der Waals surface area contributed by atoms with Gasteiger partial charge in [0.1, 0.15) is 22.1 Å². The number of thiazole rings is 1. The molecule has 45 heavy (non-hydrogen) atoms. The lowest BCUT2D eigenvalue weighted by Gasteiger charge is -2.26. The first-order chi connectivity index (χ1) is 21.6. The van der Waals surface area contributed by atoms with E-state index in [1.165, 1.54) is 18.8 Å². The Morgan fingerprint density at radius 1 is 1.02 bits per heavy atom. The molecule has 9 nitrogen and oxygen atoms in total. The lowest BCUT2D eigenvalue weighted by Crippen LogP contribution is -2.41. The number of methoxy groups -OCH3 is 2. The molecule has 1 aromatic heterocycles. The Labute approximate surface area is 268 Å². The number of benzene rings is 3.